The zero-order valence-corrected chi connectivity index (χ0v) is 13.8. The first-order valence-corrected chi connectivity index (χ1v) is 7.52. The van der Waals surface area contributed by atoms with Crippen molar-refractivity contribution in [2.24, 2.45) is 11.7 Å². The second-order valence-electron chi connectivity index (χ2n) is 5.43. The first-order valence-electron chi connectivity index (χ1n) is 7.52. The molecule has 0 aromatic heterocycles. The molecule has 22 heavy (non-hydrogen) atoms. The molecule has 0 bridgehead atoms. The van der Waals surface area contributed by atoms with Crippen LogP contribution in [0, 0.1) is 11.3 Å². The van der Waals surface area contributed by atoms with Crippen LogP contribution in [0.25, 0.3) is 0 Å². The Morgan fingerprint density at radius 1 is 1.45 bits per heavy atom. The van der Waals surface area contributed by atoms with E-state index < -0.39 is 5.97 Å². The van der Waals surface area contributed by atoms with Gasteiger partial charge in [0.25, 0.3) is 0 Å². The third-order valence-electron chi connectivity index (χ3n) is 3.35. The smallest absolute Gasteiger partial charge is 0.325 e. The zero-order valence-electron chi connectivity index (χ0n) is 13.8. The van der Waals surface area contributed by atoms with Gasteiger partial charge in [0, 0.05) is 6.42 Å². The summed E-state index contributed by atoms with van der Waals surface area (Å²) >= 11 is 0. The number of nitrogens with two attached hydrogens (primary N) is 1. The second-order valence-corrected chi connectivity index (χ2v) is 5.43. The van der Waals surface area contributed by atoms with Crippen molar-refractivity contribution >= 4 is 11.9 Å². The van der Waals surface area contributed by atoms with Gasteiger partial charge in [-0.15, -0.1) is 6.58 Å². The Bertz CT molecular complexity index is 428. The zero-order chi connectivity index (χ0) is 17.0. The SMILES string of the molecule is C=CCCC(C/C=C(/C)CCOC(=O)CNC(=N)N)C(=C)C. The minimum absolute atomic E-state index is 0.0720. The molecule has 0 aromatic rings. The lowest BCUT2D eigenvalue weighted by atomic mass is 9.92. The van der Waals surface area contributed by atoms with E-state index in [0.717, 1.165) is 19.3 Å². The van der Waals surface area contributed by atoms with Gasteiger partial charge in [0.1, 0.15) is 6.54 Å². The maximum Gasteiger partial charge on any atom is 0.325 e. The van der Waals surface area contributed by atoms with Gasteiger partial charge in [-0.1, -0.05) is 29.9 Å². The summed E-state index contributed by atoms with van der Waals surface area (Å²) in [6.07, 6.45) is 7.83. The fourth-order valence-electron chi connectivity index (χ4n) is 1.87. The topological polar surface area (TPSA) is 88.2 Å². The quantitative estimate of drug-likeness (QED) is 0.237. The predicted molar refractivity (Wildman–Crippen MR) is 91.6 cm³/mol. The molecule has 1 atom stereocenters. The molecule has 0 aromatic carbocycles. The van der Waals surface area contributed by atoms with Crippen molar-refractivity contribution in [3.63, 3.8) is 0 Å². The third kappa shape index (κ3) is 10.7. The van der Waals surface area contributed by atoms with Crippen LogP contribution in [0.15, 0.2) is 36.5 Å². The van der Waals surface area contributed by atoms with Crippen LogP contribution in [-0.4, -0.2) is 25.1 Å². The van der Waals surface area contributed by atoms with Crippen LogP contribution in [0.3, 0.4) is 0 Å². The summed E-state index contributed by atoms with van der Waals surface area (Å²) in [5.74, 6) is -0.178. The summed E-state index contributed by atoms with van der Waals surface area (Å²) in [6, 6.07) is 0. The van der Waals surface area contributed by atoms with Crippen LogP contribution in [0.5, 0.6) is 0 Å². The van der Waals surface area contributed by atoms with Gasteiger partial charge >= 0.3 is 5.97 Å². The fraction of sp³-hybridized carbons (Fsp3) is 0.529. The van der Waals surface area contributed by atoms with Crippen molar-refractivity contribution in [3.8, 4) is 0 Å². The number of carbonyl (C=O) groups is 1. The number of esters is 1. The molecule has 5 nitrogen and oxygen atoms in total. The molecule has 4 N–H and O–H groups in total. The summed E-state index contributed by atoms with van der Waals surface area (Å²) < 4.78 is 5.06. The Morgan fingerprint density at radius 2 is 2.14 bits per heavy atom. The van der Waals surface area contributed by atoms with Gasteiger partial charge in [0.05, 0.1) is 6.61 Å². The number of nitrogens with one attached hydrogen (secondary N) is 2. The highest BCUT2D eigenvalue weighted by Crippen LogP contribution is 2.21. The fourth-order valence-corrected chi connectivity index (χ4v) is 1.87. The standard InChI is InChI=1S/C17H29N3O2/c1-5-6-7-15(13(2)3)9-8-14(4)10-11-22-16(21)12-20-17(18)19/h5,8,15H,1-2,6-7,9-12H2,3-4H3,(H4,18,19,20)/b14-8-. The molecule has 0 spiro atoms. The first-order chi connectivity index (χ1) is 10.4. The van der Waals surface area contributed by atoms with E-state index in [2.05, 4.69) is 31.5 Å². The summed E-state index contributed by atoms with van der Waals surface area (Å²) in [5.41, 5.74) is 7.47. The Kier molecular flexibility index (Phi) is 10.5. The molecule has 124 valence electrons. The van der Waals surface area contributed by atoms with E-state index in [4.69, 9.17) is 15.9 Å². The Balaban J connectivity index is 4.05. The number of carbonyl (C=O) groups excluding carboxylic acids is 1. The van der Waals surface area contributed by atoms with Crippen LogP contribution < -0.4 is 11.1 Å². The molecule has 0 amide bonds. The molecule has 0 heterocycles. The molecule has 0 rings (SSSR count). The molecule has 0 aliphatic carbocycles. The largest absolute Gasteiger partial charge is 0.464 e. The summed E-state index contributed by atoms with van der Waals surface area (Å²) in [6.45, 7) is 12.1. The molecule has 0 fully saturated rings. The molecule has 0 saturated carbocycles. The molecule has 0 radical (unpaired) electrons. The van der Waals surface area contributed by atoms with Crippen molar-refractivity contribution in [1.82, 2.24) is 5.32 Å². The van der Waals surface area contributed by atoms with E-state index in [1.54, 1.807) is 0 Å². The summed E-state index contributed by atoms with van der Waals surface area (Å²) in [7, 11) is 0. The number of guanidine groups is 1. The highest BCUT2D eigenvalue weighted by atomic mass is 16.5. The van der Waals surface area contributed by atoms with E-state index in [1.165, 1.54) is 11.1 Å². The normalized spacial score (nSPS) is 12.4. The lowest BCUT2D eigenvalue weighted by molar-refractivity contribution is -0.142. The average molecular weight is 307 g/mol. The average Bonchev–Trinajstić information content (AvgIpc) is 2.44. The second kappa shape index (κ2) is 11.6. The summed E-state index contributed by atoms with van der Waals surface area (Å²) in [4.78, 5) is 11.3. The number of hydrogen-bond acceptors (Lipinski definition) is 3. The first kappa shape index (κ1) is 20.0. The molecule has 5 heteroatoms. The third-order valence-corrected chi connectivity index (χ3v) is 3.35. The van der Waals surface area contributed by atoms with E-state index in [9.17, 15) is 4.79 Å². The van der Waals surface area contributed by atoms with Crippen molar-refractivity contribution in [2.45, 2.75) is 39.5 Å². The van der Waals surface area contributed by atoms with E-state index in [1.807, 2.05) is 13.0 Å². The molecular formula is C17H29N3O2. The van der Waals surface area contributed by atoms with Crippen LogP contribution in [0.2, 0.25) is 0 Å². The van der Waals surface area contributed by atoms with Crippen molar-refractivity contribution in [3.05, 3.63) is 36.5 Å². The Morgan fingerprint density at radius 3 is 2.68 bits per heavy atom. The highest BCUT2D eigenvalue weighted by Gasteiger charge is 2.07. The number of hydrogen-bond donors (Lipinski definition) is 3. The molecule has 0 saturated heterocycles. The van der Waals surface area contributed by atoms with Gasteiger partial charge in [-0.3, -0.25) is 10.2 Å². The maximum absolute atomic E-state index is 11.3. The number of ether oxygens (including phenoxy) is 1. The van der Waals surface area contributed by atoms with Gasteiger partial charge in [-0.2, -0.15) is 0 Å². The van der Waals surface area contributed by atoms with Crippen LogP contribution >= 0.6 is 0 Å². The molecule has 1 unspecified atom stereocenters. The van der Waals surface area contributed by atoms with Gasteiger partial charge in [0.2, 0.25) is 0 Å². The number of allylic oxidation sites excluding steroid dienone is 3. The highest BCUT2D eigenvalue weighted by molar-refractivity contribution is 5.80. The molecular weight excluding hydrogens is 278 g/mol. The van der Waals surface area contributed by atoms with Crippen molar-refractivity contribution < 1.29 is 9.53 Å². The minimum atomic E-state index is -0.409. The van der Waals surface area contributed by atoms with Crippen molar-refractivity contribution in [2.75, 3.05) is 13.2 Å². The lowest BCUT2D eigenvalue weighted by Gasteiger charge is -2.14. The predicted octanol–water partition coefficient (Wildman–Crippen LogP) is 2.90. The van der Waals surface area contributed by atoms with E-state index >= 15 is 0 Å². The van der Waals surface area contributed by atoms with Gasteiger partial charge in [0.15, 0.2) is 5.96 Å². The van der Waals surface area contributed by atoms with Gasteiger partial charge in [-0.25, -0.2) is 0 Å². The molecule has 0 aliphatic heterocycles. The Hall–Kier alpha value is -2.04. The van der Waals surface area contributed by atoms with Gasteiger partial charge in [-0.05, 0) is 39.0 Å². The summed E-state index contributed by atoms with van der Waals surface area (Å²) in [5, 5.41) is 9.36. The van der Waals surface area contributed by atoms with E-state index in [0.29, 0.717) is 18.9 Å². The van der Waals surface area contributed by atoms with Crippen LogP contribution in [-0.2, 0) is 9.53 Å². The van der Waals surface area contributed by atoms with Crippen molar-refractivity contribution in [1.29, 1.82) is 5.41 Å². The number of rotatable bonds is 11. The van der Waals surface area contributed by atoms with Crippen LogP contribution in [0.4, 0.5) is 0 Å². The van der Waals surface area contributed by atoms with Crippen LogP contribution in [0.1, 0.15) is 39.5 Å². The minimum Gasteiger partial charge on any atom is -0.464 e. The maximum atomic E-state index is 11.3. The molecule has 0 aliphatic rings. The lowest BCUT2D eigenvalue weighted by Crippen LogP contribution is -2.35. The van der Waals surface area contributed by atoms with E-state index in [-0.39, 0.29) is 12.5 Å². The monoisotopic (exact) mass is 307 g/mol. The Labute approximate surface area is 133 Å². The van der Waals surface area contributed by atoms with Gasteiger partial charge < -0.3 is 15.8 Å².